The molecule has 0 saturated heterocycles. The summed E-state index contributed by atoms with van der Waals surface area (Å²) in [5.41, 5.74) is 7.47. The number of ether oxygens (including phenoxy) is 2. The Labute approximate surface area is 223 Å². The van der Waals surface area contributed by atoms with Crippen molar-refractivity contribution in [2.24, 2.45) is 5.73 Å². The van der Waals surface area contributed by atoms with Crippen LogP contribution in [-0.4, -0.2) is 54.1 Å². The molecule has 0 amide bonds. The molecular formula is C27H35N5O5S. The lowest BCUT2D eigenvalue weighted by Crippen LogP contribution is -2.42. The van der Waals surface area contributed by atoms with Gasteiger partial charge in [-0.05, 0) is 55.8 Å². The van der Waals surface area contributed by atoms with E-state index in [1.54, 1.807) is 24.5 Å². The Balaban J connectivity index is 1.70. The number of aromatic nitrogens is 3. The van der Waals surface area contributed by atoms with Crippen molar-refractivity contribution in [3.05, 3.63) is 47.4 Å². The summed E-state index contributed by atoms with van der Waals surface area (Å²) in [4.78, 5) is 26.2. The van der Waals surface area contributed by atoms with E-state index in [1.165, 1.54) is 6.26 Å². The maximum absolute atomic E-state index is 12.4. The van der Waals surface area contributed by atoms with Crippen molar-refractivity contribution in [2.75, 3.05) is 23.9 Å². The molecule has 2 atom stereocenters. The summed E-state index contributed by atoms with van der Waals surface area (Å²) in [7, 11) is -3.07. The Hall–Kier alpha value is -3.31. The minimum atomic E-state index is -3.07. The first-order valence-corrected chi connectivity index (χ1v) is 14.7. The fourth-order valence-corrected chi connectivity index (χ4v) is 4.95. The summed E-state index contributed by atoms with van der Waals surface area (Å²) < 4.78 is 34.2. The van der Waals surface area contributed by atoms with Crippen LogP contribution in [0.2, 0.25) is 0 Å². The molecule has 38 heavy (non-hydrogen) atoms. The lowest BCUT2D eigenvalue weighted by molar-refractivity contribution is 0.00864. The zero-order chi connectivity index (χ0) is 27.9. The van der Waals surface area contributed by atoms with Crippen LogP contribution in [0.15, 0.2) is 30.6 Å². The minimum absolute atomic E-state index is 0.0348. The third-order valence-corrected chi connectivity index (χ3v) is 8.30. The topological polar surface area (TPSA) is 146 Å². The molecule has 10 nitrogen and oxygen atoms in total. The predicted molar refractivity (Wildman–Crippen MR) is 147 cm³/mol. The van der Waals surface area contributed by atoms with Gasteiger partial charge in [0.2, 0.25) is 5.88 Å². The summed E-state index contributed by atoms with van der Waals surface area (Å²) >= 11 is 0. The van der Waals surface area contributed by atoms with Gasteiger partial charge >= 0.3 is 5.97 Å². The van der Waals surface area contributed by atoms with Crippen LogP contribution >= 0.6 is 0 Å². The van der Waals surface area contributed by atoms with Gasteiger partial charge in [0.05, 0.1) is 29.0 Å². The molecule has 0 bridgehead atoms. The third kappa shape index (κ3) is 5.58. The molecule has 1 aliphatic heterocycles. The molecule has 0 radical (unpaired) electrons. The average molecular weight is 542 g/mol. The molecule has 4 rings (SSSR count). The van der Waals surface area contributed by atoms with Gasteiger partial charge in [0.15, 0.2) is 0 Å². The number of pyridine rings is 3. The zero-order valence-electron chi connectivity index (χ0n) is 22.7. The Morgan fingerprint density at radius 3 is 2.61 bits per heavy atom. The van der Waals surface area contributed by atoms with Crippen molar-refractivity contribution in [1.29, 1.82) is 0 Å². The summed E-state index contributed by atoms with van der Waals surface area (Å²) in [5.74, 6) is 1.11. The molecule has 3 N–H and O–H groups in total. The third-order valence-electron chi connectivity index (χ3n) is 7.27. The Bertz CT molecular complexity index is 1490. The van der Waals surface area contributed by atoms with Crippen molar-refractivity contribution in [3.63, 3.8) is 0 Å². The van der Waals surface area contributed by atoms with Gasteiger partial charge in [-0.15, -0.1) is 0 Å². The molecular weight excluding hydrogens is 506 g/mol. The number of carbonyl (C=O) groups excluding carboxylic acids is 1. The van der Waals surface area contributed by atoms with E-state index in [-0.39, 0.29) is 24.4 Å². The summed E-state index contributed by atoms with van der Waals surface area (Å²) in [6, 6.07) is 5.31. The predicted octanol–water partition coefficient (Wildman–Crippen LogP) is 4.00. The molecule has 0 saturated carbocycles. The maximum atomic E-state index is 12.4. The van der Waals surface area contributed by atoms with Crippen LogP contribution in [0.4, 0.5) is 11.6 Å². The van der Waals surface area contributed by atoms with Crippen LogP contribution in [0.1, 0.15) is 69.1 Å². The number of nitrogens with two attached hydrogens (primary N) is 1. The number of carbonyl (C=O) groups is 1. The second kappa shape index (κ2) is 10.1. The monoisotopic (exact) mass is 541 g/mol. The smallest absolute Gasteiger partial charge is 0.340 e. The average Bonchev–Trinajstić information content (AvgIpc) is 2.84. The van der Waals surface area contributed by atoms with Crippen molar-refractivity contribution < 1.29 is 22.7 Å². The fraction of sp³-hybridized carbons (Fsp3) is 0.481. The van der Waals surface area contributed by atoms with Crippen LogP contribution in [0.25, 0.3) is 10.8 Å². The first kappa shape index (κ1) is 27.7. The number of nitrogens with zero attached hydrogens (tertiary/aromatic N) is 3. The standard InChI is InChI=1S/C27H35N5O5S/c1-7-27(5,28)20-15-30-24(36-11-8-12-38(6,34)35)19-14-29-22(13-18(19)20)31-21-10-9-17-23(32-21)26(3,4)16(2)37-25(17)33/h9-10,13-16H,7-8,11-12,28H2,1-6H3,(H,29,31,32)/t16-,27-/m1/s1. The van der Waals surface area contributed by atoms with Gasteiger partial charge in [-0.1, -0.05) is 20.8 Å². The number of esters is 1. The second-order valence-corrected chi connectivity index (χ2v) is 12.9. The number of rotatable bonds is 9. The van der Waals surface area contributed by atoms with Crippen molar-refractivity contribution in [1.82, 2.24) is 15.0 Å². The number of hydrogen-bond acceptors (Lipinski definition) is 10. The number of hydrogen-bond donors (Lipinski definition) is 2. The zero-order valence-corrected chi connectivity index (χ0v) is 23.5. The van der Waals surface area contributed by atoms with Crippen LogP contribution in [0.3, 0.4) is 0 Å². The molecule has 1 aliphatic rings. The molecule has 0 aromatic carbocycles. The van der Waals surface area contributed by atoms with Crippen molar-refractivity contribution in [3.8, 4) is 5.88 Å². The minimum Gasteiger partial charge on any atom is -0.477 e. The number of anilines is 2. The number of nitrogens with one attached hydrogen (secondary N) is 1. The summed E-state index contributed by atoms with van der Waals surface area (Å²) in [6.07, 6.45) is 5.28. The molecule has 0 unspecified atom stereocenters. The van der Waals surface area contributed by atoms with Crippen LogP contribution < -0.4 is 15.8 Å². The SMILES string of the molecule is CC[C@@](C)(N)c1cnc(OCCCS(C)(=O)=O)c2cnc(Nc3ccc4c(n3)C(C)(C)[C@@H](C)OC4=O)cc12. The van der Waals surface area contributed by atoms with E-state index < -0.39 is 20.8 Å². The van der Waals surface area contributed by atoms with Crippen molar-refractivity contribution in [2.45, 2.75) is 64.5 Å². The van der Waals surface area contributed by atoms with Crippen LogP contribution in [0.5, 0.6) is 5.88 Å². The van der Waals surface area contributed by atoms with E-state index in [0.717, 1.165) is 10.9 Å². The Morgan fingerprint density at radius 1 is 1.18 bits per heavy atom. The van der Waals surface area contributed by atoms with Gasteiger partial charge in [0.25, 0.3) is 0 Å². The van der Waals surface area contributed by atoms with E-state index in [0.29, 0.717) is 47.0 Å². The highest BCUT2D eigenvalue weighted by molar-refractivity contribution is 7.90. The van der Waals surface area contributed by atoms with E-state index in [1.807, 2.05) is 40.7 Å². The molecule has 0 fully saturated rings. The van der Waals surface area contributed by atoms with Crippen LogP contribution in [-0.2, 0) is 25.5 Å². The maximum Gasteiger partial charge on any atom is 0.340 e. The van der Waals surface area contributed by atoms with Crippen molar-refractivity contribution >= 4 is 38.2 Å². The number of sulfone groups is 1. The summed E-state index contributed by atoms with van der Waals surface area (Å²) in [6.45, 7) is 10.0. The lowest BCUT2D eigenvalue weighted by Gasteiger charge is -2.36. The van der Waals surface area contributed by atoms with E-state index in [2.05, 4.69) is 15.3 Å². The molecule has 204 valence electrons. The van der Waals surface area contributed by atoms with Gasteiger partial charge in [-0.3, -0.25) is 0 Å². The van der Waals surface area contributed by atoms with E-state index in [9.17, 15) is 13.2 Å². The highest BCUT2D eigenvalue weighted by Crippen LogP contribution is 2.37. The van der Waals surface area contributed by atoms with Crippen LogP contribution in [0, 0.1) is 0 Å². The first-order chi connectivity index (χ1) is 17.7. The highest BCUT2D eigenvalue weighted by atomic mass is 32.2. The Morgan fingerprint density at radius 2 is 1.92 bits per heavy atom. The quantitative estimate of drug-likeness (QED) is 0.301. The summed E-state index contributed by atoms with van der Waals surface area (Å²) in [5, 5.41) is 4.75. The first-order valence-electron chi connectivity index (χ1n) is 12.6. The highest BCUT2D eigenvalue weighted by Gasteiger charge is 2.41. The van der Waals surface area contributed by atoms with Gasteiger partial charge in [0, 0.05) is 29.6 Å². The number of cyclic esters (lactones) is 1. The van der Waals surface area contributed by atoms with E-state index in [4.69, 9.17) is 20.2 Å². The van der Waals surface area contributed by atoms with Gasteiger partial charge < -0.3 is 20.5 Å². The van der Waals surface area contributed by atoms with Gasteiger partial charge in [-0.25, -0.2) is 28.2 Å². The fourth-order valence-electron chi connectivity index (χ4n) is 4.31. The largest absolute Gasteiger partial charge is 0.477 e. The molecule has 11 heteroatoms. The molecule has 3 aromatic rings. The second-order valence-electron chi connectivity index (χ2n) is 10.7. The number of fused-ring (bicyclic) bond motifs is 2. The molecule has 3 aromatic heterocycles. The normalized spacial score (nSPS) is 18.4. The lowest BCUT2D eigenvalue weighted by atomic mass is 9.79. The molecule has 0 aliphatic carbocycles. The molecule has 0 spiro atoms. The van der Waals surface area contributed by atoms with Gasteiger partial charge in [-0.2, -0.15) is 0 Å². The van der Waals surface area contributed by atoms with E-state index >= 15 is 0 Å². The Kier molecular flexibility index (Phi) is 7.37. The van der Waals surface area contributed by atoms with Gasteiger partial charge in [0.1, 0.15) is 27.6 Å². The molecule has 4 heterocycles.